The number of methoxy groups -OCH3 is 1. The monoisotopic (exact) mass is 575 g/mol. The zero-order valence-corrected chi connectivity index (χ0v) is 21.3. The summed E-state index contributed by atoms with van der Waals surface area (Å²) in [6.07, 6.45) is 1.77. The van der Waals surface area contributed by atoms with E-state index in [0.29, 0.717) is 37.8 Å². The van der Waals surface area contributed by atoms with Gasteiger partial charge in [0.15, 0.2) is 5.96 Å². The van der Waals surface area contributed by atoms with Crippen LogP contribution in [-0.4, -0.2) is 46.0 Å². The highest BCUT2D eigenvalue weighted by Gasteiger charge is 2.34. The molecule has 1 heterocycles. The Morgan fingerprint density at radius 2 is 1.79 bits per heavy atom. The summed E-state index contributed by atoms with van der Waals surface area (Å²) >= 11 is 0. The first-order chi connectivity index (χ1) is 15.6. The van der Waals surface area contributed by atoms with Crippen LogP contribution >= 0.6 is 24.0 Å². The van der Waals surface area contributed by atoms with Crippen molar-refractivity contribution in [3.05, 3.63) is 59.7 Å². The van der Waals surface area contributed by atoms with Gasteiger partial charge < -0.3 is 24.8 Å². The normalized spacial score (nSPS) is 15.5. The van der Waals surface area contributed by atoms with Crippen LogP contribution in [0.4, 0.5) is 8.78 Å². The summed E-state index contributed by atoms with van der Waals surface area (Å²) < 4.78 is 40.9. The van der Waals surface area contributed by atoms with Crippen molar-refractivity contribution >= 4 is 29.9 Å². The molecule has 2 N–H and O–H groups in total. The zero-order valence-electron chi connectivity index (χ0n) is 19.0. The minimum Gasteiger partial charge on any atom is -0.497 e. The van der Waals surface area contributed by atoms with Gasteiger partial charge in [0, 0.05) is 37.3 Å². The van der Waals surface area contributed by atoms with E-state index in [1.54, 1.807) is 25.3 Å². The molecule has 0 saturated carbocycles. The first-order valence-electron chi connectivity index (χ1n) is 10.8. The highest BCUT2D eigenvalue weighted by atomic mass is 127. The minimum atomic E-state index is -2.87. The molecule has 0 aliphatic carbocycles. The maximum atomic E-state index is 12.7. The zero-order chi connectivity index (χ0) is 22.8. The number of halogens is 3. The lowest BCUT2D eigenvalue weighted by Crippen LogP contribution is -2.48. The van der Waals surface area contributed by atoms with Crippen LogP contribution in [0.15, 0.2) is 53.5 Å². The maximum absolute atomic E-state index is 12.7. The first-order valence-corrected chi connectivity index (χ1v) is 10.8. The molecular formula is C24H32F2IN3O3. The molecule has 1 aliphatic heterocycles. The standard InChI is InChI=1S/C24H31F2N3O3.HI/c1-3-27-23(28-16-18-6-4-5-7-21(18)32-22(25)26)29-17-24(12-14-31-15-13-24)19-8-10-20(30-2)11-9-19;/h4-11,22H,3,12-17H2,1-2H3,(H2,27,28,29);1H. The fourth-order valence-electron chi connectivity index (χ4n) is 3.88. The predicted octanol–water partition coefficient (Wildman–Crippen LogP) is 4.72. The van der Waals surface area contributed by atoms with Crippen molar-refractivity contribution in [2.24, 2.45) is 4.99 Å². The molecule has 182 valence electrons. The van der Waals surface area contributed by atoms with E-state index in [1.165, 1.54) is 11.6 Å². The molecule has 1 saturated heterocycles. The van der Waals surface area contributed by atoms with E-state index < -0.39 is 6.61 Å². The Morgan fingerprint density at radius 1 is 1.09 bits per heavy atom. The number of aliphatic imine (C=N–C) groups is 1. The van der Waals surface area contributed by atoms with Crippen LogP contribution in [0.25, 0.3) is 0 Å². The molecule has 0 bridgehead atoms. The lowest BCUT2D eigenvalue weighted by Gasteiger charge is -2.38. The third kappa shape index (κ3) is 7.70. The van der Waals surface area contributed by atoms with E-state index in [2.05, 4.69) is 32.5 Å². The van der Waals surface area contributed by atoms with Crippen LogP contribution in [-0.2, 0) is 16.7 Å². The van der Waals surface area contributed by atoms with Crippen LogP contribution in [0.2, 0.25) is 0 Å². The summed E-state index contributed by atoms with van der Waals surface area (Å²) in [6, 6.07) is 14.9. The van der Waals surface area contributed by atoms with Crippen molar-refractivity contribution in [2.45, 2.75) is 38.3 Å². The van der Waals surface area contributed by atoms with E-state index >= 15 is 0 Å². The second-order valence-electron chi connectivity index (χ2n) is 7.66. The quantitative estimate of drug-likeness (QED) is 0.258. The number of guanidine groups is 1. The summed E-state index contributed by atoms with van der Waals surface area (Å²) in [7, 11) is 1.66. The third-order valence-electron chi connectivity index (χ3n) is 5.69. The fourth-order valence-corrected chi connectivity index (χ4v) is 3.88. The van der Waals surface area contributed by atoms with Crippen molar-refractivity contribution in [1.82, 2.24) is 10.6 Å². The number of alkyl halides is 2. The molecule has 0 spiro atoms. The van der Waals surface area contributed by atoms with Crippen molar-refractivity contribution in [1.29, 1.82) is 0 Å². The number of hydrogen-bond donors (Lipinski definition) is 2. The number of nitrogens with zero attached hydrogens (tertiary/aromatic N) is 1. The smallest absolute Gasteiger partial charge is 0.387 e. The Bertz CT molecular complexity index is 876. The Labute approximate surface area is 211 Å². The lowest BCUT2D eigenvalue weighted by atomic mass is 9.74. The Morgan fingerprint density at radius 3 is 2.42 bits per heavy atom. The Balaban J connectivity index is 0.00000385. The van der Waals surface area contributed by atoms with Gasteiger partial charge in [-0.2, -0.15) is 8.78 Å². The van der Waals surface area contributed by atoms with Gasteiger partial charge >= 0.3 is 6.61 Å². The summed E-state index contributed by atoms with van der Waals surface area (Å²) in [5.74, 6) is 1.59. The topological polar surface area (TPSA) is 64.1 Å². The maximum Gasteiger partial charge on any atom is 0.387 e. The second-order valence-corrected chi connectivity index (χ2v) is 7.66. The van der Waals surface area contributed by atoms with Gasteiger partial charge in [-0.3, -0.25) is 0 Å². The predicted molar refractivity (Wildman–Crippen MR) is 136 cm³/mol. The molecule has 9 heteroatoms. The first kappa shape index (κ1) is 27.1. The van der Waals surface area contributed by atoms with E-state index in [4.69, 9.17) is 9.47 Å². The molecule has 0 unspecified atom stereocenters. The molecular weight excluding hydrogens is 543 g/mol. The molecule has 6 nitrogen and oxygen atoms in total. The Kier molecular flexibility index (Phi) is 11.1. The van der Waals surface area contributed by atoms with Gasteiger partial charge in [0.2, 0.25) is 0 Å². The molecule has 33 heavy (non-hydrogen) atoms. The number of nitrogens with one attached hydrogen (secondary N) is 2. The largest absolute Gasteiger partial charge is 0.497 e. The molecule has 1 aliphatic rings. The SMILES string of the molecule is CCNC(=NCc1ccccc1OC(F)F)NCC1(c2ccc(OC)cc2)CCOCC1.I. The Hall–Kier alpha value is -2.14. The average Bonchev–Trinajstić information content (AvgIpc) is 2.82. The highest BCUT2D eigenvalue weighted by Crippen LogP contribution is 2.35. The molecule has 3 rings (SSSR count). The molecule has 0 atom stereocenters. The summed E-state index contributed by atoms with van der Waals surface area (Å²) in [5, 5.41) is 6.69. The number of hydrogen-bond acceptors (Lipinski definition) is 4. The van der Waals surface area contributed by atoms with Crippen LogP contribution < -0.4 is 20.1 Å². The number of rotatable bonds is 9. The molecule has 0 aromatic heterocycles. The molecule has 2 aromatic rings. The second kappa shape index (κ2) is 13.5. The van der Waals surface area contributed by atoms with Gasteiger partial charge in [-0.25, -0.2) is 4.99 Å². The van der Waals surface area contributed by atoms with E-state index in [9.17, 15) is 8.78 Å². The van der Waals surface area contributed by atoms with Gasteiger partial charge in [-0.05, 0) is 43.5 Å². The fraction of sp³-hybridized carbons (Fsp3) is 0.458. The van der Waals surface area contributed by atoms with E-state index in [-0.39, 0.29) is 41.7 Å². The number of benzene rings is 2. The van der Waals surface area contributed by atoms with Gasteiger partial charge in [0.25, 0.3) is 0 Å². The van der Waals surface area contributed by atoms with Gasteiger partial charge in [-0.1, -0.05) is 30.3 Å². The lowest BCUT2D eigenvalue weighted by molar-refractivity contribution is -0.0504. The van der Waals surface area contributed by atoms with Gasteiger partial charge in [0.1, 0.15) is 11.5 Å². The molecule has 1 fully saturated rings. The van der Waals surface area contributed by atoms with Crippen LogP contribution in [0.3, 0.4) is 0 Å². The molecule has 0 amide bonds. The molecule has 0 radical (unpaired) electrons. The third-order valence-corrected chi connectivity index (χ3v) is 5.69. The number of ether oxygens (including phenoxy) is 3. The van der Waals surface area contributed by atoms with Crippen molar-refractivity contribution in [3.63, 3.8) is 0 Å². The van der Waals surface area contributed by atoms with Crippen molar-refractivity contribution in [2.75, 3.05) is 33.4 Å². The van der Waals surface area contributed by atoms with Gasteiger partial charge in [0.05, 0.1) is 13.7 Å². The van der Waals surface area contributed by atoms with Crippen molar-refractivity contribution < 1.29 is 23.0 Å². The molecule has 2 aromatic carbocycles. The summed E-state index contributed by atoms with van der Waals surface area (Å²) in [4.78, 5) is 4.61. The van der Waals surface area contributed by atoms with Crippen LogP contribution in [0.5, 0.6) is 11.5 Å². The van der Waals surface area contributed by atoms with E-state index in [1.807, 2.05) is 19.1 Å². The average molecular weight is 575 g/mol. The summed E-state index contributed by atoms with van der Waals surface area (Å²) in [5.41, 5.74) is 1.72. The minimum absolute atomic E-state index is 0. The number of para-hydroxylation sites is 1. The van der Waals surface area contributed by atoms with Crippen LogP contribution in [0.1, 0.15) is 30.9 Å². The van der Waals surface area contributed by atoms with Gasteiger partial charge in [-0.15, -0.1) is 24.0 Å². The van der Waals surface area contributed by atoms with Crippen molar-refractivity contribution in [3.8, 4) is 11.5 Å². The van der Waals surface area contributed by atoms with Crippen LogP contribution in [0, 0.1) is 0 Å². The highest BCUT2D eigenvalue weighted by molar-refractivity contribution is 14.0. The summed E-state index contributed by atoms with van der Waals surface area (Å²) in [6.45, 7) is 2.07. The van der Waals surface area contributed by atoms with E-state index in [0.717, 1.165) is 18.6 Å².